The number of fused-ring (bicyclic) bond motifs is 11. The molecule has 8 aromatic carbocycles. The predicted molar refractivity (Wildman–Crippen MR) is 221 cm³/mol. The van der Waals surface area contributed by atoms with Gasteiger partial charge in [-0.2, -0.15) is 0 Å². The molecule has 1 aromatic heterocycles. The van der Waals surface area contributed by atoms with Crippen molar-refractivity contribution < 1.29 is 0 Å². The van der Waals surface area contributed by atoms with E-state index in [4.69, 9.17) is 15.0 Å². The summed E-state index contributed by atoms with van der Waals surface area (Å²) in [6.07, 6.45) is 0. The highest BCUT2D eigenvalue weighted by Gasteiger charge is 2.50. The summed E-state index contributed by atoms with van der Waals surface area (Å²) in [5.74, 6) is 1.95. The van der Waals surface area contributed by atoms with E-state index in [9.17, 15) is 0 Å². The lowest BCUT2D eigenvalue weighted by molar-refractivity contribution is 0.723. The van der Waals surface area contributed by atoms with Crippen LogP contribution in [0.25, 0.3) is 67.2 Å². The van der Waals surface area contributed by atoms with Gasteiger partial charge in [-0.25, -0.2) is 15.0 Å². The van der Waals surface area contributed by atoms with Crippen LogP contribution in [-0.4, -0.2) is 15.0 Å². The van der Waals surface area contributed by atoms with Gasteiger partial charge >= 0.3 is 0 Å². The third-order valence-corrected chi connectivity index (χ3v) is 12.2. The number of benzene rings is 8. The standard InChI is InChI=1S/C50H31N3S/c1-3-14-32(15-4-1)33-26-28-35(29-27-33)48-51-47(34-16-5-2-6-17-34)52-49(53-48)38-20-13-19-37-36(38)30-31-43-46(37)39-18-7-8-21-40(39)50(43)41-22-9-11-24-44(41)54-45-25-12-10-23-42(45)50/h1-31H. The lowest BCUT2D eigenvalue weighted by Gasteiger charge is -2.39. The van der Waals surface area contributed by atoms with E-state index >= 15 is 0 Å². The fourth-order valence-corrected chi connectivity index (χ4v) is 9.88. The Morgan fingerprint density at radius 2 is 0.815 bits per heavy atom. The number of rotatable bonds is 4. The molecule has 252 valence electrons. The van der Waals surface area contributed by atoms with Crippen LogP contribution in [-0.2, 0) is 5.41 Å². The summed E-state index contributed by atoms with van der Waals surface area (Å²) in [5, 5.41) is 2.31. The van der Waals surface area contributed by atoms with E-state index in [0.29, 0.717) is 17.5 Å². The minimum atomic E-state index is -0.429. The van der Waals surface area contributed by atoms with Gasteiger partial charge in [0.25, 0.3) is 0 Å². The summed E-state index contributed by atoms with van der Waals surface area (Å²) in [7, 11) is 0. The van der Waals surface area contributed by atoms with Gasteiger partial charge in [-0.15, -0.1) is 0 Å². The fraction of sp³-hybridized carbons (Fsp3) is 0.0200. The minimum absolute atomic E-state index is 0.429. The molecule has 3 nitrogen and oxygen atoms in total. The molecule has 9 aromatic rings. The van der Waals surface area contributed by atoms with Gasteiger partial charge in [0.2, 0.25) is 0 Å². The fourth-order valence-electron chi connectivity index (χ4n) is 8.69. The molecule has 0 bridgehead atoms. The predicted octanol–water partition coefficient (Wildman–Crippen LogP) is 12.5. The Morgan fingerprint density at radius 1 is 0.315 bits per heavy atom. The first-order valence-corrected chi connectivity index (χ1v) is 19.1. The molecule has 11 rings (SSSR count). The smallest absolute Gasteiger partial charge is 0.164 e. The zero-order valence-electron chi connectivity index (χ0n) is 29.1. The summed E-state index contributed by atoms with van der Waals surface area (Å²) < 4.78 is 0. The Balaban J connectivity index is 1.14. The highest BCUT2D eigenvalue weighted by molar-refractivity contribution is 7.99. The summed E-state index contributed by atoms with van der Waals surface area (Å²) >= 11 is 1.87. The van der Waals surface area contributed by atoms with Crippen LogP contribution in [0.1, 0.15) is 22.3 Å². The average molecular weight is 706 g/mol. The molecule has 1 spiro atoms. The molecule has 0 radical (unpaired) electrons. The van der Waals surface area contributed by atoms with Crippen LogP contribution in [0.3, 0.4) is 0 Å². The Hall–Kier alpha value is -6.62. The quantitative estimate of drug-likeness (QED) is 0.183. The highest BCUT2D eigenvalue weighted by atomic mass is 32.2. The number of hydrogen-bond acceptors (Lipinski definition) is 4. The minimum Gasteiger partial charge on any atom is -0.208 e. The van der Waals surface area contributed by atoms with Crippen LogP contribution in [0.5, 0.6) is 0 Å². The zero-order chi connectivity index (χ0) is 35.6. The molecule has 0 amide bonds. The summed E-state index contributed by atoms with van der Waals surface area (Å²) in [5.41, 5.74) is 12.6. The third kappa shape index (κ3) is 4.60. The molecule has 0 N–H and O–H groups in total. The summed E-state index contributed by atoms with van der Waals surface area (Å²) in [6.45, 7) is 0. The molecule has 2 aliphatic rings. The van der Waals surface area contributed by atoms with Crippen molar-refractivity contribution in [2.24, 2.45) is 0 Å². The number of hydrogen-bond donors (Lipinski definition) is 0. The second-order valence-corrected chi connectivity index (χ2v) is 15.0. The van der Waals surface area contributed by atoms with E-state index in [1.165, 1.54) is 54.1 Å². The van der Waals surface area contributed by atoms with E-state index in [1.807, 2.05) is 36.0 Å². The Bertz CT molecular complexity index is 2860. The van der Waals surface area contributed by atoms with Gasteiger partial charge in [-0.05, 0) is 67.4 Å². The number of nitrogens with zero attached hydrogens (tertiary/aromatic N) is 3. The van der Waals surface area contributed by atoms with Crippen LogP contribution in [0.2, 0.25) is 0 Å². The van der Waals surface area contributed by atoms with E-state index in [0.717, 1.165) is 27.6 Å². The van der Waals surface area contributed by atoms with E-state index in [-0.39, 0.29) is 0 Å². The Morgan fingerprint density at radius 3 is 1.50 bits per heavy atom. The van der Waals surface area contributed by atoms with Crippen molar-refractivity contribution in [1.82, 2.24) is 15.0 Å². The molecule has 54 heavy (non-hydrogen) atoms. The van der Waals surface area contributed by atoms with Gasteiger partial charge in [0, 0.05) is 26.5 Å². The van der Waals surface area contributed by atoms with E-state index < -0.39 is 5.41 Å². The molecule has 0 fully saturated rings. The van der Waals surface area contributed by atoms with Crippen LogP contribution >= 0.6 is 11.8 Å². The normalized spacial score (nSPS) is 13.3. The van der Waals surface area contributed by atoms with Gasteiger partial charge in [-0.3, -0.25) is 0 Å². The second kappa shape index (κ2) is 12.2. The molecule has 0 saturated carbocycles. The Kier molecular flexibility index (Phi) is 7.01. The Labute approximate surface area is 318 Å². The SMILES string of the molecule is c1ccc(-c2ccc(-c3nc(-c4ccccc4)nc(-c4cccc5c6c(ccc45)C4(c5ccccc5Sc5ccccc54)c4ccccc4-6)n3)cc2)cc1. The van der Waals surface area contributed by atoms with Gasteiger partial charge in [-0.1, -0.05) is 188 Å². The van der Waals surface area contributed by atoms with Crippen molar-refractivity contribution in [3.8, 4) is 56.4 Å². The maximum atomic E-state index is 5.21. The van der Waals surface area contributed by atoms with Crippen LogP contribution in [0.15, 0.2) is 198 Å². The van der Waals surface area contributed by atoms with Crippen molar-refractivity contribution >= 4 is 22.5 Å². The zero-order valence-corrected chi connectivity index (χ0v) is 30.0. The van der Waals surface area contributed by atoms with Crippen molar-refractivity contribution in [3.05, 3.63) is 210 Å². The summed E-state index contributed by atoms with van der Waals surface area (Å²) in [6, 6.07) is 67.3. The maximum absolute atomic E-state index is 5.21. The first-order valence-electron chi connectivity index (χ1n) is 18.3. The molecular weight excluding hydrogens is 675 g/mol. The first-order chi connectivity index (χ1) is 26.8. The van der Waals surface area contributed by atoms with Gasteiger partial charge < -0.3 is 0 Å². The molecule has 0 atom stereocenters. The monoisotopic (exact) mass is 705 g/mol. The van der Waals surface area contributed by atoms with Crippen LogP contribution in [0, 0.1) is 0 Å². The lowest BCUT2D eigenvalue weighted by atomic mass is 9.67. The van der Waals surface area contributed by atoms with E-state index in [2.05, 4.69) is 164 Å². The first kappa shape index (κ1) is 31.0. The molecule has 4 heteroatoms. The van der Waals surface area contributed by atoms with Gasteiger partial charge in [0.05, 0.1) is 5.41 Å². The van der Waals surface area contributed by atoms with Gasteiger partial charge in [0.15, 0.2) is 17.5 Å². The second-order valence-electron chi connectivity index (χ2n) is 13.9. The van der Waals surface area contributed by atoms with Crippen LogP contribution in [0.4, 0.5) is 0 Å². The molecule has 1 aliphatic heterocycles. The third-order valence-electron chi connectivity index (χ3n) is 11.0. The highest BCUT2D eigenvalue weighted by Crippen LogP contribution is 2.63. The summed E-state index contributed by atoms with van der Waals surface area (Å²) in [4.78, 5) is 18.0. The topological polar surface area (TPSA) is 38.7 Å². The average Bonchev–Trinajstić information content (AvgIpc) is 3.55. The molecular formula is C50H31N3S. The lowest BCUT2D eigenvalue weighted by Crippen LogP contribution is -2.31. The largest absolute Gasteiger partial charge is 0.208 e. The van der Waals surface area contributed by atoms with Gasteiger partial charge in [0.1, 0.15) is 0 Å². The molecule has 0 saturated heterocycles. The van der Waals surface area contributed by atoms with Crippen LogP contribution < -0.4 is 0 Å². The molecule has 1 aliphatic carbocycles. The molecule has 0 unspecified atom stereocenters. The van der Waals surface area contributed by atoms with Crippen molar-refractivity contribution in [3.63, 3.8) is 0 Å². The van der Waals surface area contributed by atoms with Crippen molar-refractivity contribution in [1.29, 1.82) is 0 Å². The number of aromatic nitrogens is 3. The van der Waals surface area contributed by atoms with Crippen molar-refractivity contribution in [2.45, 2.75) is 15.2 Å². The van der Waals surface area contributed by atoms with E-state index in [1.54, 1.807) is 0 Å². The molecule has 2 heterocycles. The van der Waals surface area contributed by atoms with Crippen molar-refractivity contribution in [2.75, 3.05) is 0 Å². The maximum Gasteiger partial charge on any atom is 0.164 e.